The summed E-state index contributed by atoms with van der Waals surface area (Å²) in [5.74, 6) is -0.324. The molecule has 0 atom stereocenters. The fourth-order valence-electron chi connectivity index (χ4n) is 2.87. The van der Waals surface area contributed by atoms with Gasteiger partial charge in [0.15, 0.2) is 11.3 Å². The Morgan fingerprint density at radius 1 is 1.26 bits per heavy atom. The number of aromatic nitrogens is 4. The first-order valence-corrected chi connectivity index (χ1v) is 8.08. The van der Waals surface area contributed by atoms with E-state index in [0.717, 1.165) is 0 Å². The lowest BCUT2D eigenvalue weighted by Crippen LogP contribution is -2.42. The molecule has 9 heteroatoms. The third-order valence-electron chi connectivity index (χ3n) is 4.28. The van der Waals surface area contributed by atoms with Crippen LogP contribution in [-0.2, 0) is 11.3 Å². The average Bonchev–Trinajstić information content (AvgIpc) is 3.18. The van der Waals surface area contributed by atoms with E-state index in [1.807, 2.05) is 0 Å². The SMILES string of the molecule is COc1cc(-c2nc3c(c(=O)[nH]2)=C(C)C(=O)N=3)nn1Cc1ccccc1F. The van der Waals surface area contributed by atoms with Crippen molar-refractivity contribution in [2.45, 2.75) is 13.5 Å². The molecule has 2 aromatic heterocycles. The molecule has 8 nitrogen and oxygen atoms in total. The first kappa shape index (κ1) is 16.8. The summed E-state index contributed by atoms with van der Waals surface area (Å²) >= 11 is 0. The van der Waals surface area contributed by atoms with Crippen LogP contribution in [-0.4, -0.2) is 32.8 Å². The molecular weight excluding hydrogens is 353 g/mol. The van der Waals surface area contributed by atoms with Gasteiger partial charge in [0, 0.05) is 17.2 Å². The van der Waals surface area contributed by atoms with E-state index < -0.39 is 11.5 Å². The summed E-state index contributed by atoms with van der Waals surface area (Å²) in [4.78, 5) is 34.6. The summed E-state index contributed by atoms with van der Waals surface area (Å²) in [6.07, 6.45) is 0. The molecule has 0 saturated carbocycles. The second-order valence-corrected chi connectivity index (χ2v) is 5.98. The van der Waals surface area contributed by atoms with E-state index in [2.05, 4.69) is 20.1 Å². The normalized spacial score (nSPS) is 12.9. The van der Waals surface area contributed by atoms with Crippen molar-refractivity contribution in [1.82, 2.24) is 19.7 Å². The summed E-state index contributed by atoms with van der Waals surface area (Å²) in [5, 5.41) is 4.52. The minimum atomic E-state index is -0.484. The molecule has 0 bridgehead atoms. The number of amides is 1. The molecule has 0 aliphatic carbocycles. The Kier molecular flexibility index (Phi) is 3.91. The Balaban J connectivity index is 1.80. The van der Waals surface area contributed by atoms with Crippen molar-refractivity contribution in [2.75, 3.05) is 7.11 Å². The van der Waals surface area contributed by atoms with Gasteiger partial charge < -0.3 is 9.72 Å². The van der Waals surface area contributed by atoms with Gasteiger partial charge >= 0.3 is 0 Å². The lowest BCUT2D eigenvalue weighted by atomic mass is 10.2. The van der Waals surface area contributed by atoms with Gasteiger partial charge in [-0.3, -0.25) is 9.59 Å². The Labute approximate surface area is 151 Å². The van der Waals surface area contributed by atoms with Crippen LogP contribution in [0.15, 0.2) is 40.1 Å². The topological polar surface area (TPSA) is 102 Å². The first-order chi connectivity index (χ1) is 13.0. The molecule has 136 valence electrons. The largest absolute Gasteiger partial charge is 0.481 e. The van der Waals surface area contributed by atoms with Gasteiger partial charge in [-0.15, -0.1) is 0 Å². The Bertz CT molecular complexity index is 1260. The number of halogens is 1. The number of H-pyrrole nitrogens is 1. The van der Waals surface area contributed by atoms with Crippen LogP contribution in [0.1, 0.15) is 12.5 Å². The molecule has 1 amide bonds. The third-order valence-corrected chi connectivity index (χ3v) is 4.28. The second-order valence-electron chi connectivity index (χ2n) is 5.98. The Morgan fingerprint density at radius 2 is 2.04 bits per heavy atom. The molecule has 0 fully saturated rings. The molecule has 3 aromatic rings. The van der Waals surface area contributed by atoms with Gasteiger partial charge in [0.1, 0.15) is 11.5 Å². The van der Waals surface area contributed by atoms with Crippen LogP contribution in [0, 0.1) is 5.82 Å². The lowest BCUT2D eigenvalue weighted by molar-refractivity contribution is -0.112. The van der Waals surface area contributed by atoms with Crippen molar-refractivity contribution in [3.8, 4) is 17.4 Å². The lowest BCUT2D eigenvalue weighted by Gasteiger charge is -2.06. The van der Waals surface area contributed by atoms with Crippen LogP contribution in [0.5, 0.6) is 5.88 Å². The van der Waals surface area contributed by atoms with E-state index in [1.165, 1.54) is 24.8 Å². The Morgan fingerprint density at radius 3 is 2.78 bits per heavy atom. The molecular formula is C18H14FN5O3. The van der Waals surface area contributed by atoms with Crippen molar-refractivity contribution in [1.29, 1.82) is 0 Å². The highest BCUT2D eigenvalue weighted by Crippen LogP contribution is 2.21. The number of rotatable bonds is 4. The van der Waals surface area contributed by atoms with E-state index in [-0.39, 0.29) is 34.5 Å². The number of hydrogen-bond donors (Lipinski definition) is 1. The molecule has 0 spiro atoms. The summed E-state index contributed by atoms with van der Waals surface area (Å²) in [6, 6.07) is 7.91. The number of ether oxygens (including phenoxy) is 1. The molecule has 1 N–H and O–H groups in total. The highest BCUT2D eigenvalue weighted by molar-refractivity contribution is 6.14. The molecule has 1 aliphatic heterocycles. The predicted octanol–water partition coefficient (Wildman–Crippen LogP) is 0.160. The number of nitrogens with one attached hydrogen (secondary N) is 1. The van der Waals surface area contributed by atoms with Crippen LogP contribution in [0.3, 0.4) is 0 Å². The van der Waals surface area contributed by atoms with E-state index in [1.54, 1.807) is 24.3 Å². The zero-order chi connectivity index (χ0) is 19.1. The molecule has 0 radical (unpaired) electrons. The highest BCUT2D eigenvalue weighted by atomic mass is 19.1. The summed E-state index contributed by atoms with van der Waals surface area (Å²) in [5.41, 5.74) is 0.610. The zero-order valence-electron chi connectivity index (χ0n) is 14.5. The van der Waals surface area contributed by atoms with Gasteiger partial charge in [0.2, 0.25) is 5.88 Å². The van der Waals surface area contributed by atoms with Crippen molar-refractivity contribution in [3.05, 3.63) is 62.8 Å². The van der Waals surface area contributed by atoms with E-state index in [4.69, 9.17) is 4.74 Å². The van der Waals surface area contributed by atoms with Crippen molar-refractivity contribution in [3.63, 3.8) is 0 Å². The maximum absolute atomic E-state index is 13.9. The summed E-state index contributed by atoms with van der Waals surface area (Å²) < 4.78 is 20.7. The number of hydrogen-bond acceptors (Lipinski definition) is 5. The van der Waals surface area contributed by atoms with Crippen LogP contribution >= 0.6 is 0 Å². The van der Waals surface area contributed by atoms with Crippen LogP contribution < -0.4 is 21.0 Å². The minimum absolute atomic E-state index is 0.0684. The van der Waals surface area contributed by atoms with Crippen molar-refractivity contribution >= 4 is 11.5 Å². The quantitative estimate of drug-likeness (QED) is 0.708. The molecule has 4 rings (SSSR count). The first-order valence-electron chi connectivity index (χ1n) is 8.08. The minimum Gasteiger partial charge on any atom is -0.481 e. The van der Waals surface area contributed by atoms with Crippen molar-refractivity contribution in [2.24, 2.45) is 4.99 Å². The Hall–Kier alpha value is -3.62. The van der Waals surface area contributed by atoms with E-state index in [0.29, 0.717) is 17.1 Å². The smallest absolute Gasteiger partial charge is 0.275 e. The van der Waals surface area contributed by atoms with Crippen molar-refractivity contribution < 1.29 is 13.9 Å². The van der Waals surface area contributed by atoms with Gasteiger partial charge in [-0.05, 0) is 13.0 Å². The van der Waals surface area contributed by atoms with Gasteiger partial charge in [-0.1, -0.05) is 18.2 Å². The number of fused-ring (bicyclic) bond motifs is 1. The van der Waals surface area contributed by atoms with Gasteiger partial charge in [0.25, 0.3) is 11.5 Å². The fraction of sp³-hybridized carbons (Fsp3) is 0.167. The molecule has 0 unspecified atom stereocenters. The molecule has 1 aromatic carbocycles. The van der Waals surface area contributed by atoms with Crippen LogP contribution in [0.2, 0.25) is 0 Å². The number of nitrogens with zero attached hydrogens (tertiary/aromatic N) is 4. The number of carbonyl (C=O) groups is 1. The van der Waals surface area contributed by atoms with Crippen LogP contribution in [0.4, 0.5) is 4.39 Å². The maximum Gasteiger partial charge on any atom is 0.275 e. The van der Waals surface area contributed by atoms with Gasteiger partial charge in [0.05, 0.1) is 18.9 Å². The fourth-order valence-corrected chi connectivity index (χ4v) is 2.87. The third kappa shape index (κ3) is 2.82. The van der Waals surface area contributed by atoms with Crippen LogP contribution in [0.25, 0.3) is 17.1 Å². The number of methoxy groups -OCH3 is 1. The second kappa shape index (κ2) is 6.27. The zero-order valence-corrected chi connectivity index (χ0v) is 14.5. The standard InChI is InChI=1S/C18H14FN5O3/c1-9-14-16(22-17(9)25)20-15(21-18(14)26)12-7-13(27-2)24(23-12)8-10-5-3-4-6-11(10)19/h3-7H,8H2,1-2H3,(H,20,21,22,25,26). The monoisotopic (exact) mass is 367 g/mol. The van der Waals surface area contributed by atoms with E-state index >= 15 is 0 Å². The number of aromatic amines is 1. The number of benzene rings is 1. The average molecular weight is 367 g/mol. The molecule has 27 heavy (non-hydrogen) atoms. The maximum atomic E-state index is 13.9. The summed E-state index contributed by atoms with van der Waals surface area (Å²) in [7, 11) is 1.46. The number of carbonyl (C=O) groups excluding carboxylic acids is 1. The molecule has 0 saturated heterocycles. The van der Waals surface area contributed by atoms with Gasteiger partial charge in [-0.25, -0.2) is 14.1 Å². The highest BCUT2D eigenvalue weighted by Gasteiger charge is 2.19. The van der Waals surface area contributed by atoms with E-state index in [9.17, 15) is 14.0 Å². The molecule has 3 heterocycles. The predicted molar refractivity (Wildman–Crippen MR) is 93.0 cm³/mol. The summed E-state index contributed by atoms with van der Waals surface area (Å²) in [6.45, 7) is 1.67. The van der Waals surface area contributed by atoms with Gasteiger partial charge in [-0.2, -0.15) is 10.1 Å². The molecule has 1 aliphatic rings.